The summed E-state index contributed by atoms with van der Waals surface area (Å²) in [5, 5.41) is 9.02. The van der Waals surface area contributed by atoms with Crippen molar-refractivity contribution >= 4 is 11.8 Å². The van der Waals surface area contributed by atoms with Crippen LogP contribution in [0.2, 0.25) is 0 Å². The Hall–Kier alpha value is -2.81. The molecular weight excluding hydrogens is 397 g/mol. The van der Waals surface area contributed by atoms with Gasteiger partial charge in [0.1, 0.15) is 5.75 Å². The highest BCUT2D eigenvalue weighted by Crippen LogP contribution is 2.30. The van der Waals surface area contributed by atoms with E-state index in [1.165, 1.54) is 18.2 Å². The highest BCUT2D eigenvalue weighted by atomic mass is 32.2. The Bertz CT molecular complexity index is 814. The molecular formula is C15H10F5N3O3S. The fourth-order valence-electron chi connectivity index (χ4n) is 1.71. The highest BCUT2D eigenvalue weighted by molar-refractivity contribution is 8.00. The van der Waals surface area contributed by atoms with E-state index in [0.717, 1.165) is 12.3 Å². The molecule has 0 bridgehead atoms. The van der Waals surface area contributed by atoms with E-state index in [4.69, 9.17) is 14.7 Å². The van der Waals surface area contributed by atoms with Crippen LogP contribution in [0, 0.1) is 11.3 Å². The predicted molar refractivity (Wildman–Crippen MR) is 83.9 cm³/mol. The van der Waals surface area contributed by atoms with Gasteiger partial charge in [0.25, 0.3) is 0 Å². The summed E-state index contributed by atoms with van der Waals surface area (Å²) in [5.41, 5.74) is -4.30. The van der Waals surface area contributed by atoms with Crippen molar-refractivity contribution < 1.29 is 36.2 Å². The largest absolute Gasteiger partial charge is 0.477 e. The minimum absolute atomic E-state index is 0.0433. The van der Waals surface area contributed by atoms with E-state index in [-0.39, 0.29) is 53.1 Å². The van der Waals surface area contributed by atoms with Crippen LogP contribution in [0.4, 0.5) is 22.0 Å². The molecule has 0 saturated carbocycles. The maximum absolute atomic E-state index is 12.2. The second-order valence-electron chi connectivity index (χ2n) is 4.60. The zero-order valence-corrected chi connectivity index (χ0v) is 14.1. The molecule has 0 spiro atoms. The summed E-state index contributed by atoms with van der Waals surface area (Å²) in [4.78, 5) is 7.47. The fraction of sp³-hybridized carbons (Fsp3) is 0.267. The van der Waals surface area contributed by atoms with Crippen molar-refractivity contribution in [2.75, 3.05) is 12.4 Å². The molecule has 0 amide bonds. The number of rotatable bonds is 8. The summed E-state index contributed by atoms with van der Waals surface area (Å²) in [6, 6.07) is 6.70. The van der Waals surface area contributed by atoms with Crippen LogP contribution in [0.3, 0.4) is 0 Å². The Kier molecular flexibility index (Phi) is 7.00. The zero-order chi connectivity index (χ0) is 19.9. The van der Waals surface area contributed by atoms with Crippen molar-refractivity contribution in [3.63, 3.8) is 0 Å². The first-order valence-corrected chi connectivity index (χ1v) is 8.08. The maximum Gasteiger partial charge on any atom is 0.441 e. The van der Waals surface area contributed by atoms with Gasteiger partial charge in [0, 0.05) is 30.1 Å². The molecule has 2 aromatic rings. The third kappa shape index (κ3) is 7.53. The maximum atomic E-state index is 12.2. The molecule has 0 aliphatic carbocycles. The van der Waals surface area contributed by atoms with Gasteiger partial charge in [0.2, 0.25) is 17.6 Å². The topological polar surface area (TPSA) is 77.3 Å². The quantitative estimate of drug-likeness (QED) is 0.475. The number of hydrogen-bond acceptors (Lipinski definition) is 7. The number of nitrogens with zero attached hydrogens (tertiary/aromatic N) is 3. The summed E-state index contributed by atoms with van der Waals surface area (Å²) in [6.45, 7) is -3.37. The van der Waals surface area contributed by atoms with Crippen LogP contribution in [0.5, 0.6) is 23.4 Å². The van der Waals surface area contributed by atoms with Crippen molar-refractivity contribution in [3.8, 4) is 29.5 Å². The molecule has 0 fully saturated rings. The third-order valence-corrected chi connectivity index (χ3v) is 3.34. The zero-order valence-electron chi connectivity index (χ0n) is 13.2. The second-order valence-corrected chi connectivity index (χ2v) is 5.76. The molecule has 2 rings (SSSR count). The van der Waals surface area contributed by atoms with Crippen molar-refractivity contribution in [2.45, 2.75) is 12.1 Å². The smallest absolute Gasteiger partial charge is 0.441 e. The summed E-state index contributed by atoms with van der Waals surface area (Å²) in [6.07, 6.45) is 1.16. The van der Waals surface area contributed by atoms with Crippen LogP contribution in [0.15, 0.2) is 30.5 Å². The minimum atomic E-state index is -4.38. The molecule has 0 radical (unpaired) electrons. The number of pyridine rings is 2. The lowest BCUT2D eigenvalue weighted by atomic mass is 10.3. The standard InChI is InChI=1S/C15H10F5N3O3S/c16-14(17)26-11-7-10(1-2-22-11)25-13-6-9(8-21)5-12(23-13)24-3-4-27-15(18,19)20/h1-2,5-7,14H,3-4H2. The number of ether oxygens (including phenoxy) is 3. The normalized spacial score (nSPS) is 11.1. The van der Waals surface area contributed by atoms with E-state index in [0.29, 0.717) is 0 Å². The van der Waals surface area contributed by atoms with Gasteiger partial charge in [-0.05, 0) is 17.8 Å². The van der Waals surface area contributed by atoms with Crippen molar-refractivity contribution in [2.24, 2.45) is 0 Å². The van der Waals surface area contributed by atoms with Gasteiger partial charge in [0.15, 0.2) is 0 Å². The average molecular weight is 407 g/mol. The van der Waals surface area contributed by atoms with Crippen LogP contribution in [-0.2, 0) is 0 Å². The number of nitriles is 1. The fourth-order valence-corrected chi connectivity index (χ4v) is 2.10. The molecule has 0 saturated heterocycles. The predicted octanol–water partition coefficient (Wildman–Crippen LogP) is 4.37. The number of halogens is 5. The molecule has 144 valence electrons. The summed E-state index contributed by atoms with van der Waals surface area (Å²) in [5.74, 6) is -0.954. The van der Waals surface area contributed by atoms with E-state index < -0.39 is 12.1 Å². The summed E-state index contributed by atoms with van der Waals surface area (Å²) >= 11 is -0.255. The Morgan fingerprint density at radius 2 is 1.89 bits per heavy atom. The van der Waals surface area contributed by atoms with E-state index in [2.05, 4.69) is 14.7 Å². The van der Waals surface area contributed by atoms with Gasteiger partial charge < -0.3 is 14.2 Å². The van der Waals surface area contributed by atoms with E-state index in [9.17, 15) is 22.0 Å². The Balaban J connectivity index is 2.07. The molecule has 0 N–H and O–H groups in total. The summed E-state index contributed by atoms with van der Waals surface area (Å²) < 4.78 is 75.3. The summed E-state index contributed by atoms with van der Waals surface area (Å²) in [7, 11) is 0. The Morgan fingerprint density at radius 1 is 1.15 bits per heavy atom. The van der Waals surface area contributed by atoms with Crippen LogP contribution in [-0.4, -0.2) is 34.4 Å². The van der Waals surface area contributed by atoms with Crippen LogP contribution in [0.25, 0.3) is 0 Å². The molecule has 0 aliphatic heterocycles. The lowest BCUT2D eigenvalue weighted by Gasteiger charge is -2.10. The molecule has 12 heteroatoms. The van der Waals surface area contributed by atoms with Gasteiger partial charge in [-0.1, -0.05) is 0 Å². The first-order chi connectivity index (χ1) is 12.7. The average Bonchev–Trinajstić information content (AvgIpc) is 2.57. The molecule has 0 aliphatic rings. The van der Waals surface area contributed by atoms with Gasteiger partial charge in [-0.2, -0.15) is 32.2 Å². The minimum Gasteiger partial charge on any atom is -0.477 e. The SMILES string of the molecule is N#Cc1cc(OCCSC(F)(F)F)nc(Oc2ccnc(OC(F)F)c2)c1. The Morgan fingerprint density at radius 3 is 2.56 bits per heavy atom. The van der Waals surface area contributed by atoms with E-state index in [1.54, 1.807) is 0 Å². The van der Waals surface area contributed by atoms with E-state index in [1.807, 2.05) is 6.07 Å². The molecule has 27 heavy (non-hydrogen) atoms. The van der Waals surface area contributed by atoms with Gasteiger partial charge in [-0.15, -0.1) is 0 Å². The van der Waals surface area contributed by atoms with Crippen LogP contribution < -0.4 is 14.2 Å². The van der Waals surface area contributed by atoms with Gasteiger partial charge >= 0.3 is 12.1 Å². The van der Waals surface area contributed by atoms with E-state index >= 15 is 0 Å². The molecule has 2 heterocycles. The van der Waals surface area contributed by atoms with Gasteiger partial charge in [-0.3, -0.25) is 0 Å². The van der Waals surface area contributed by atoms with Crippen molar-refractivity contribution in [3.05, 3.63) is 36.0 Å². The number of thioether (sulfide) groups is 1. The molecule has 2 aromatic heterocycles. The Labute approximate surface area is 153 Å². The number of aromatic nitrogens is 2. The first kappa shape index (κ1) is 20.5. The molecule has 0 aromatic carbocycles. The first-order valence-electron chi connectivity index (χ1n) is 7.09. The van der Waals surface area contributed by atoms with Crippen LogP contribution in [0.1, 0.15) is 5.56 Å². The highest BCUT2D eigenvalue weighted by Gasteiger charge is 2.27. The van der Waals surface area contributed by atoms with Gasteiger partial charge in [-0.25, -0.2) is 4.98 Å². The van der Waals surface area contributed by atoms with Crippen molar-refractivity contribution in [1.82, 2.24) is 9.97 Å². The lowest BCUT2D eigenvalue weighted by Crippen LogP contribution is -2.08. The molecule has 0 unspecified atom stereocenters. The lowest BCUT2D eigenvalue weighted by molar-refractivity contribution is -0.0529. The molecule has 6 nitrogen and oxygen atoms in total. The second kappa shape index (κ2) is 9.22. The third-order valence-electron chi connectivity index (χ3n) is 2.65. The van der Waals surface area contributed by atoms with Crippen LogP contribution >= 0.6 is 11.8 Å². The molecule has 0 atom stereocenters. The van der Waals surface area contributed by atoms with Gasteiger partial charge in [0.05, 0.1) is 18.2 Å². The number of alkyl halides is 5. The number of hydrogen-bond donors (Lipinski definition) is 0. The monoisotopic (exact) mass is 407 g/mol. The van der Waals surface area contributed by atoms with Crippen molar-refractivity contribution in [1.29, 1.82) is 5.26 Å².